The Labute approximate surface area is 362 Å². The van der Waals surface area contributed by atoms with Crippen LogP contribution in [0.5, 0.6) is 0 Å². The normalized spacial score (nSPS) is 11.9. The van der Waals surface area contributed by atoms with Gasteiger partial charge in [0, 0.05) is 61.1 Å². The van der Waals surface area contributed by atoms with Gasteiger partial charge in [-0.25, -0.2) is 0 Å². The highest BCUT2D eigenvalue weighted by Gasteiger charge is 2.22. The Morgan fingerprint density at radius 3 is 1.18 bits per heavy atom. The van der Waals surface area contributed by atoms with Gasteiger partial charge in [0.1, 0.15) is 22.3 Å². The zero-order valence-electron chi connectivity index (χ0n) is 36.6. The first-order valence-electron chi connectivity index (χ1n) is 21.6. The Kier molecular flexibility index (Phi) is 8.59. The van der Waals surface area contributed by atoms with Crippen LogP contribution in [0.25, 0.3) is 65.4 Å². The number of furan rings is 2. The van der Waals surface area contributed by atoms with E-state index in [0.717, 1.165) is 99.5 Å². The molecule has 2 aromatic heterocycles. The van der Waals surface area contributed by atoms with Crippen molar-refractivity contribution in [3.05, 3.63) is 190 Å². The second kappa shape index (κ2) is 14.1. The van der Waals surface area contributed by atoms with Gasteiger partial charge < -0.3 is 18.6 Å². The van der Waals surface area contributed by atoms with Gasteiger partial charge in [-0.2, -0.15) is 0 Å². The minimum Gasteiger partial charge on any atom is -0.455 e. The maximum atomic E-state index is 6.99. The van der Waals surface area contributed by atoms with Crippen LogP contribution in [0.4, 0.5) is 34.1 Å². The lowest BCUT2D eigenvalue weighted by molar-refractivity contribution is 0.666. The van der Waals surface area contributed by atoms with Crippen LogP contribution in [0, 0.1) is 55.4 Å². The lowest BCUT2D eigenvalue weighted by Crippen LogP contribution is -2.11. The highest BCUT2D eigenvalue weighted by molar-refractivity contribution is 6.27. The lowest BCUT2D eigenvalue weighted by atomic mass is 10.0. The summed E-state index contributed by atoms with van der Waals surface area (Å²) < 4.78 is 13.8. The smallest absolute Gasteiger partial charge is 0.147 e. The Hall–Kier alpha value is -7.30. The van der Waals surface area contributed by atoms with Gasteiger partial charge in [0.2, 0.25) is 0 Å². The number of anilines is 6. The summed E-state index contributed by atoms with van der Waals surface area (Å²) in [7, 11) is 0. The SMILES string of the molecule is Cc1ccc(N(c2cc(C)c(C)c(C)c2)c2ccc3c(ccc4c5ccc6oc7c8ccc(N(c9ccc(C)cc9)c9cc(C)c(C)c(C)c9)cc8ccc7c6c5oc34)c2)cc1. The first-order valence-corrected chi connectivity index (χ1v) is 21.6. The Balaban J connectivity index is 1.04. The molecule has 4 heteroatoms. The molecule has 0 unspecified atom stereocenters. The van der Waals surface area contributed by atoms with Crippen LogP contribution in [0.15, 0.2) is 154 Å². The average molecular weight is 805 g/mol. The van der Waals surface area contributed by atoms with E-state index in [1.807, 2.05) is 0 Å². The van der Waals surface area contributed by atoms with Crippen molar-refractivity contribution in [1.29, 1.82) is 0 Å². The topological polar surface area (TPSA) is 32.8 Å². The van der Waals surface area contributed by atoms with Crippen molar-refractivity contribution in [2.45, 2.75) is 55.4 Å². The fourth-order valence-electron chi connectivity index (χ4n) is 9.49. The Morgan fingerprint density at radius 2 is 0.694 bits per heavy atom. The summed E-state index contributed by atoms with van der Waals surface area (Å²) in [6.45, 7) is 17.5. The summed E-state index contributed by atoms with van der Waals surface area (Å²) in [6, 6.07) is 53.3. The molecule has 11 rings (SSSR count). The van der Waals surface area contributed by atoms with E-state index in [9.17, 15) is 0 Å². The third-order valence-electron chi connectivity index (χ3n) is 13.4. The Morgan fingerprint density at radius 1 is 0.306 bits per heavy atom. The van der Waals surface area contributed by atoms with Crippen molar-refractivity contribution in [3.8, 4) is 0 Å². The van der Waals surface area contributed by atoms with E-state index < -0.39 is 0 Å². The molecule has 11 aromatic rings. The van der Waals surface area contributed by atoms with E-state index >= 15 is 0 Å². The highest BCUT2D eigenvalue weighted by atomic mass is 16.3. The molecule has 0 saturated heterocycles. The number of hydrogen-bond donors (Lipinski definition) is 0. The van der Waals surface area contributed by atoms with Crippen LogP contribution in [0.1, 0.15) is 44.5 Å². The molecule has 0 atom stereocenters. The summed E-state index contributed by atoms with van der Waals surface area (Å²) in [5, 5.41) is 8.63. The summed E-state index contributed by atoms with van der Waals surface area (Å²) in [5.41, 5.74) is 20.4. The van der Waals surface area contributed by atoms with Crippen molar-refractivity contribution in [2.75, 3.05) is 9.80 Å². The van der Waals surface area contributed by atoms with Gasteiger partial charge >= 0.3 is 0 Å². The number of rotatable bonds is 6. The molecule has 0 saturated carbocycles. The molecular formula is C58H48N2O2. The number of hydrogen-bond acceptors (Lipinski definition) is 4. The zero-order valence-corrected chi connectivity index (χ0v) is 36.6. The molecule has 0 spiro atoms. The molecule has 0 amide bonds. The third kappa shape index (κ3) is 5.96. The molecular weight excluding hydrogens is 757 g/mol. The Bertz CT molecular complexity index is 3560. The fraction of sp³-hybridized carbons (Fsp3) is 0.138. The molecule has 4 nitrogen and oxygen atoms in total. The van der Waals surface area contributed by atoms with E-state index in [4.69, 9.17) is 8.83 Å². The fourth-order valence-corrected chi connectivity index (χ4v) is 9.49. The van der Waals surface area contributed by atoms with Crippen molar-refractivity contribution >= 4 is 99.5 Å². The molecule has 302 valence electrons. The largest absolute Gasteiger partial charge is 0.455 e. The van der Waals surface area contributed by atoms with Crippen molar-refractivity contribution in [2.24, 2.45) is 0 Å². The monoisotopic (exact) mass is 804 g/mol. The molecule has 0 N–H and O–H groups in total. The van der Waals surface area contributed by atoms with Gasteiger partial charge in [-0.3, -0.25) is 0 Å². The van der Waals surface area contributed by atoms with Crippen LogP contribution in [-0.4, -0.2) is 0 Å². The van der Waals surface area contributed by atoms with Gasteiger partial charge in [0.15, 0.2) is 0 Å². The van der Waals surface area contributed by atoms with Gasteiger partial charge in [-0.15, -0.1) is 0 Å². The van der Waals surface area contributed by atoms with Crippen molar-refractivity contribution < 1.29 is 8.83 Å². The van der Waals surface area contributed by atoms with Crippen LogP contribution >= 0.6 is 0 Å². The summed E-state index contributed by atoms with van der Waals surface area (Å²) >= 11 is 0. The van der Waals surface area contributed by atoms with E-state index in [0.29, 0.717) is 0 Å². The maximum absolute atomic E-state index is 6.99. The second-order valence-corrected chi connectivity index (χ2v) is 17.5. The summed E-state index contributed by atoms with van der Waals surface area (Å²) in [4.78, 5) is 4.72. The molecule has 0 aliphatic heterocycles. The zero-order chi connectivity index (χ0) is 42.6. The summed E-state index contributed by atoms with van der Waals surface area (Å²) in [6.07, 6.45) is 0. The predicted molar refractivity (Wildman–Crippen MR) is 263 cm³/mol. The minimum atomic E-state index is 0.819. The molecule has 0 radical (unpaired) electrons. The molecule has 0 fully saturated rings. The van der Waals surface area contributed by atoms with E-state index in [-0.39, 0.29) is 0 Å². The molecule has 0 aliphatic carbocycles. The predicted octanol–water partition coefficient (Wildman–Crippen LogP) is 17.2. The van der Waals surface area contributed by atoms with Crippen LogP contribution in [-0.2, 0) is 0 Å². The third-order valence-corrected chi connectivity index (χ3v) is 13.4. The molecule has 0 bridgehead atoms. The lowest BCUT2D eigenvalue weighted by Gasteiger charge is -2.27. The number of fused-ring (bicyclic) bond motifs is 11. The maximum Gasteiger partial charge on any atom is 0.147 e. The van der Waals surface area contributed by atoms with Crippen LogP contribution in [0.2, 0.25) is 0 Å². The highest BCUT2D eigenvalue weighted by Crippen LogP contribution is 2.45. The van der Waals surface area contributed by atoms with E-state index in [2.05, 4.69) is 211 Å². The number of nitrogens with zero attached hydrogens (tertiary/aromatic N) is 2. The van der Waals surface area contributed by atoms with Gasteiger partial charge in [-0.05, 0) is 209 Å². The quantitative estimate of drug-likeness (QED) is 0.168. The summed E-state index contributed by atoms with van der Waals surface area (Å²) in [5.74, 6) is 0. The minimum absolute atomic E-state index is 0.819. The van der Waals surface area contributed by atoms with E-state index in [1.165, 1.54) is 44.5 Å². The number of aryl methyl sites for hydroxylation is 6. The van der Waals surface area contributed by atoms with Gasteiger partial charge in [0.05, 0.1) is 5.39 Å². The molecule has 9 aromatic carbocycles. The van der Waals surface area contributed by atoms with Crippen LogP contribution in [0.3, 0.4) is 0 Å². The number of benzene rings is 9. The standard InChI is InChI=1S/C58H48N2O2/c1-33-9-15-43(16-10-33)59(47-27-35(3)39(7)36(4)28-47)45-19-23-49-41(31-45)13-21-51-52-25-26-54-55(58(52)62-56(49)51)53-22-14-42-32-46(20-24-50(42)57(53)61-54)60(44-17-11-34(2)12-18-44)48-29-37(5)40(8)38(6)30-48/h9-32H,1-8H3. The van der Waals surface area contributed by atoms with Crippen LogP contribution < -0.4 is 9.80 Å². The molecule has 62 heavy (non-hydrogen) atoms. The van der Waals surface area contributed by atoms with Crippen molar-refractivity contribution in [1.82, 2.24) is 0 Å². The average Bonchev–Trinajstić information content (AvgIpc) is 3.85. The first-order chi connectivity index (χ1) is 30.0. The first kappa shape index (κ1) is 37.7. The van der Waals surface area contributed by atoms with E-state index in [1.54, 1.807) is 0 Å². The van der Waals surface area contributed by atoms with Gasteiger partial charge in [0.25, 0.3) is 0 Å². The molecule has 0 aliphatic rings. The van der Waals surface area contributed by atoms with Crippen molar-refractivity contribution in [3.63, 3.8) is 0 Å². The molecule has 2 heterocycles. The second-order valence-electron chi connectivity index (χ2n) is 17.5. The van der Waals surface area contributed by atoms with Gasteiger partial charge in [-0.1, -0.05) is 47.5 Å².